The normalized spacial score (nSPS) is 12.9. The zero-order valence-corrected chi connectivity index (χ0v) is 15.6. The van der Waals surface area contributed by atoms with E-state index in [1.165, 1.54) is 0 Å². The fraction of sp³-hybridized carbons (Fsp3) is 0.381. The van der Waals surface area contributed by atoms with Crippen LogP contribution in [0.3, 0.4) is 0 Å². The number of nitrogens with one attached hydrogen (secondary N) is 1. The lowest BCUT2D eigenvalue weighted by atomic mass is 9.96. The summed E-state index contributed by atoms with van der Waals surface area (Å²) in [6.45, 7) is 1.93. The first-order valence-electron chi connectivity index (χ1n) is 8.67. The molecule has 0 aliphatic carbocycles. The number of hydrogen-bond donors (Lipinski definition) is 2. The van der Waals surface area contributed by atoms with Crippen LogP contribution in [0.2, 0.25) is 0 Å². The van der Waals surface area contributed by atoms with Gasteiger partial charge in [-0.15, -0.1) is 0 Å². The number of carbonyl (C=O) groups is 1. The number of rotatable bonds is 9. The van der Waals surface area contributed by atoms with Crippen molar-refractivity contribution in [2.24, 2.45) is 0 Å². The zero-order valence-electron chi connectivity index (χ0n) is 15.6. The number of carbonyl (C=O) groups excluding carboxylic acids is 1. The maximum absolute atomic E-state index is 12.1. The van der Waals surface area contributed by atoms with E-state index in [-0.39, 0.29) is 12.5 Å². The molecule has 0 heterocycles. The minimum absolute atomic E-state index is 0.0733. The predicted octanol–water partition coefficient (Wildman–Crippen LogP) is 2.75. The van der Waals surface area contributed by atoms with E-state index in [1.807, 2.05) is 48.5 Å². The van der Waals surface area contributed by atoms with Gasteiger partial charge in [-0.2, -0.15) is 0 Å². The van der Waals surface area contributed by atoms with Gasteiger partial charge >= 0.3 is 0 Å². The molecule has 2 aromatic rings. The fourth-order valence-corrected chi connectivity index (χ4v) is 2.67. The summed E-state index contributed by atoms with van der Waals surface area (Å²) in [6.07, 6.45) is 1.48. The molecule has 0 aliphatic rings. The van der Waals surface area contributed by atoms with Crippen molar-refractivity contribution in [1.29, 1.82) is 0 Å². The smallest absolute Gasteiger partial charge is 0.220 e. The first-order chi connectivity index (χ1) is 12.4. The van der Waals surface area contributed by atoms with Crippen molar-refractivity contribution in [2.45, 2.75) is 31.8 Å². The summed E-state index contributed by atoms with van der Waals surface area (Å²) in [4.78, 5) is 12.1. The number of aryl methyl sites for hydroxylation is 1. The second-order valence-electron chi connectivity index (χ2n) is 6.65. The summed E-state index contributed by atoms with van der Waals surface area (Å²) >= 11 is 0. The molecular formula is C21H27NO4. The van der Waals surface area contributed by atoms with Crippen molar-refractivity contribution >= 4 is 5.91 Å². The maximum Gasteiger partial charge on any atom is 0.220 e. The number of hydrogen-bond acceptors (Lipinski definition) is 4. The topological polar surface area (TPSA) is 67.8 Å². The molecule has 0 saturated heterocycles. The standard InChI is InChI=1S/C21H27NO4/c1-21(24,14-17-6-11-19(26-3)12-7-17)15-22-20(23)13-8-16-4-9-18(25-2)10-5-16/h4-7,9-12,24H,8,13-15H2,1-3H3,(H,22,23). The van der Waals surface area contributed by atoms with Crippen molar-refractivity contribution in [2.75, 3.05) is 20.8 Å². The number of aliphatic hydroxyl groups is 1. The Kier molecular flexibility index (Phi) is 7.04. The van der Waals surface area contributed by atoms with Crippen LogP contribution in [0.25, 0.3) is 0 Å². The maximum atomic E-state index is 12.1. The van der Waals surface area contributed by atoms with Gasteiger partial charge in [0.15, 0.2) is 0 Å². The van der Waals surface area contributed by atoms with Gasteiger partial charge in [0.1, 0.15) is 11.5 Å². The largest absolute Gasteiger partial charge is 0.497 e. The van der Waals surface area contributed by atoms with Crippen molar-refractivity contribution < 1.29 is 19.4 Å². The van der Waals surface area contributed by atoms with Crippen LogP contribution in [0.15, 0.2) is 48.5 Å². The molecule has 0 spiro atoms. The molecule has 0 bridgehead atoms. The molecule has 0 aliphatic heterocycles. The van der Waals surface area contributed by atoms with Crippen molar-refractivity contribution in [3.63, 3.8) is 0 Å². The van der Waals surface area contributed by atoms with E-state index in [0.29, 0.717) is 19.3 Å². The molecule has 140 valence electrons. The Labute approximate surface area is 155 Å². The van der Waals surface area contributed by atoms with Gasteiger partial charge in [-0.05, 0) is 48.7 Å². The third-order valence-electron chi connectivity index (χ3n) is 4.21. The van der Waals surface area contributed by atoms with Crippen LogP contribution in [-0.4, -0.2) is 37.4 Å². The Balaban J connectivity index is 1.76. The van der Waals surface area contributed by atoms with Crippen molar-refractivity contribution in [1.82, 2.24) is 5.32 Å². The SMILES string of the molecule is COc1ccc(CCC(=O)NCC(C)(O)Cc2ccc(OC)cc2)cc1. The van der Waals surface area contributed by atoms with Gasteiger partial charge in [-0.1, -0.05) is 24.3 Å². The van der Waals surface area contributed by atoms with Crippen LogP contribution in [0, 0.1) is 0 Å². The summed E-state index contributed by atoms with van der Waals surface area (Å²) in [7, 11) is 3.24. The van der Waals surface area contributed by atoms with Gasteiger partial charge in [-0.25, -0.2) is 0 Å². The molecule has 1 unspecified atom stereocenters. The molecule has 2 aromatic carbocycles. The number of amides is 1. The van der Waals surface area contributed by atoms with E-state index in [4.69, 9.17) is 9.47 Å². The van der Waals surface area contributed by atoms with Gasteiger partial charge in [0, 0.05) is 19.4 Å². The van der Waals surface area contributed by atoms with Crippen LogP contribution in [0.1, 0.15) is 24.5 Å². The second kappa shape index (κ2) is 9.25. The lowest BCUT2D eigenvalue weighted by molar-refractivity contribution is -0.122. The predicted molar refractivity (Wildman–Crippen MR) is 102 cm³/mol. The van der Waals surface area contributed by atoms with E-state index in [1.54, 1.807) is 21.1 Å². The Hall–Kier alpha value is -2.53. The highest BCUT2D eigenvalue weighted by Crippen LogP contribution is 2.17. The molecule has 2 rings (SSSR count). The lowest BCUT2D eigenvalue weighted by Gasteiger charge is -2.24. The molecule has 2 N–H and O–H groups in total. The monoisotopic (exact) mass is 357 g/mol. The van der Waals surface area contributed by atoms with Crippen molar-refractivity contribution in [3.05, 3.63) is 59.7 Å². The van der Waals surface area contributed by atoms with Gasteiger partial charge < -0.3 is 19.9 Å². The van der Waals surface area contributed by atoms with Crippen LogP contribution in [-0.2, 0) is 17.6 Å². The molecule has 1 atom stereocenters. The molecule has 0 aromatic heterocycles. The summed E-state index contributed by atoms with van der Waals surface area (Å²) in [5.74, 6) is 1.50. The minimum atomic E-state index is -1.01. The highest BCUT2D eigenvalue weighted by Gasteiger charge is 2.21. The Morgan fingerprint density at radius 1 is 0.962 bits per heavy atom. The van der Waals surface area contributed by atoms with Crippen LogP contribution >= 0.6 is 0 Å². The molecule has 26 heavy (non-hydrogen) atoms. The van der Waals surface area contributed by atoms with E-state index < -0.39 is 5.60 Å². The fourth-order valence-electron chi connectivity index (χ4n) is 2.67. The second-order valence-corrected chi connectivity index (χ2v) is 6.65. The van der Waals surface area contributed by atoms with Gasteiger partial charge in [0.2, 0.25) is 5.91 Å². The third-order valence-corrected chi connectivity index (χ3v) is 4.21. The Morgan fingerprint density at radius 2 is 1.46 bits per heavy atom. The molecule has 5 heteroatoms. The van der Waals surface area contributed by atoms with Gasteiger partial charge in [0.05, 0.1) is 19.8 Å². The first-order valence-corrected chi connectivity index (χ1v) is 8.67. The Bertz CT molecular complexity index is 693. The van der Waals surface area contributed by atoms with E-state index in [0.717, 1.165) is 22.6 Å². The van der Waals surface area contributed by atoms with Gasteiger partial charge in [0.25, 0.3) is 0 Å². The average Bonchev–Trinajstić information content (AvgIpc) is 2.65. The summed E-state index contributed by atoms with van der Waals surface area (Å²) in [5, 5.41) is 13.3. The molecule has 5 nitrogen and oxygen atoms in total. The van der Waals surface area contributed by atoms with Crippen molar-refractivity contribution in [3.8, 4) is 11.5 Å². The highest BCUT2D eigenvalue weighted by atomic mass is 16.5. The van der Waals surface area contributed by atoms with Crippen LogP contribution < -0.4 is 14.8 Å². The van der Waals surface area contributed by atoms with Crippen LogP contribution in [0.5, 0.6) is 11.5 Å². The lowest BCUT2D eigenvalue weighted by Crippen LogP contribution is -2.42. The quantitative estimate of drug-likeness (QED) is 0.724. The minimum Gasteiger partial charge on any atom is -0.497 e. The highest BCUT2D eigenvalue weighted by molar-refractivity contribution is 5.76. The Morgan fingerprint density at radius 3 is 1.96 bits per heavy atom. The summed E-state index contributed by atoms with van der Waals surface area (Å²) in [5.41, 5.74) is 1.05. The van der Waals surface area contributed by atoms with Gasteiger partial charge in [-0.3, -0.25) is 4.79 Å². The molecule has 0 fully saturated rings. The molecular weight excluding hydrogens is 330 g/mol. The van der Waals surface area contributed by atoms with E-state index in [2.05, 4.69) is 5.32 Å². The molecule has 0 saturated carbocycles. The van der Waals surface area contributed by atoms with E-state index in [9.17, 15) is 9.90 Å². The number of methoxy groups -OCH3 is 2. The number of ether oxygens (including phenoxy) is 2. The average molecular weight is 357 g/mol. The summed E-state index contributed by atoms with van der Waals surface area (Å²) in [6, 6.07) is 15.2. The summed E-state index contributed by atoms with van der Waals surface area (Å²) < 4.78 is 10.2. The first kappa shape index (κ1) is 19.8. The number of benzene rings is 2. The van der Waals surface area contributed by atoms with E-state index >= 15 is 0 Å². The molecule has 0 radical (unpaired) electrons. The zero-order chi connectivity index (χ0) is 19.0. The molecule has 1 amide bonds. The van der Waals surface area contributed by atoms with Crippen LogP contribution in [0.4, 0.5) is 0 Å². The third kappa shape index (κ3) is 6.41.